The monoisotopic (exact) mass is 410 g/mol. The van der Waals surface area contributed by atoms with Crippen LogP contribution in [0.2, 0.25) is 0 Å². The van der Waals surface area contributed by atoms with Crippen molar-refractivity contribution >= 4 is 21.5 Å². The number of benzene rings is 5. The van der Waals surface area contributed by atoms with E-state index in [2.05, 4.69) is 113 Å². The molecule has 0 unspecified atom stereocenters. The van der Waals surface area contributed by atoms with Gasteiger partial charge >= 0.3 is 0 Å². The van der Waals surface area contributed by atoms with E-state index < -0.39 is 0 Å². The van der Waals surface area contributed by atoms with E-state index in [4.69, 9.17) is 0 Å². The first-order chi connectivity index (χ1) is 15.4. The molecule has 0 saturated carbocycles. The van der Waals surface area contributed by atoms with Gasteiger partial charge in [0.15, 0.2) is 0 Å². The summed E-state index contributed by atoms with van der Waals surface area (Å²) in [5.74, 6) is 0. The molecule has 0 aliphatic heterocycles. The topological polar surface area (TPSA) is 0 Å². The van der Waals surface area contributed by atoms with Crippen LogP contribution in [0.1, 0.15) is 49.9 Å². The van der Waals surface area contributed by atoms with Crippen molar-refractivity contribution in [2.75, 3.05) is 0 Å². The van der Waals surface area contributed by atoms with E-state index in [0.717, 1.165) is 0 Å². The molecule has 0 radical (unpaired) electrons. The van der Waals surface area contributed by atoms with Gasteiger partial charge in [0.2, 0.25) is 0 Å². The van der Waals surface area contributed by atoms with Gasteiger partial charge in [-0.1, -0.05) is 100 Å². The molecule has 7 rings (SSSR count). The van der Waals surface area contributed by atoms with Crippen molar-refractivity contribution in [2.45, 2.75) is 38.5 Å². The molecule has 5 aromatic rings. The Morgan fingerprint density at radius 2 is 1.12 bits per heavy atom. The first-order valence-corrected chi connectivity index (χ1v) is 11.6. The maximum Gasteiger partial charge on any atom is 0.0159 e. The third kappa shape index (κ3) is 2.04. The van der Waals surface area contributed by atoms with Gasteiger partial charge in [0, 0.05) is 10.8 Å². The fourth-order valence-electron chi connectivity index (χ4n) is 6.52. The molecular weight excluding hydrogens is 384 g/mol. The van der Waals surface area contributed by atoms with Crippen LogP contribution in [0.3, 0.4) is 0 Å². The standard InChI is InChI=1S/C32H26/c1-31(2)25-14-8-11-20-10-7-13-22(29(20)25)23-17-28-24(18-27(23)31)30-21-12-6-5-9-19(21)15-16-26(30)32(28,3)4/h5-18H,1-4H3. The van der Waals surface area contributed by atoms with E-state index in [1.807, 2.05) is 0 Å². The van der Waals surface area contributed by atoms with E-state index in [1.54, 1.807) is 0 Å². The van der Waals surface area contributed by atoms with Crippen LogP contribution in [0, 0.1) is 0 Å². The van der Waals surface area contributed by atoms with Crippen LogP contribution in [0.4, 0.5) is 0 Å². The van der Waals surface area contributed by atoms with Crippen LogP contribution < -0.4 is 0 Å². The van der Waals surface area contributed by atoms with E-state index in [9.17, 15) is 0 Å². The van der Waals surface area contributed by atoms with Gasteiger partial charge in [-0.15, -0.1) is 0 Å². The number of hydrogen-bond acceptors (Lipinski definition) is 0. The maximum absolute atomic E-state index is 2.53. The van der Waals surface area contributed by atoms with Crippen LogP contribution in [0.5, 0.6) is 0 Å². The van der Waals surface area contributed by atoms with E-state index in [0.29, 0.717) is 0 Å². The largest absolute Gasteiger partial charge is 0.0616 e. The molecule has 0 spiro atoms. The van der Waals surface area contributed by atoms with Gasteiger partial charge in [0.1, 0.15) is 0 Å². The molecule has 0 amide bonds. The first-order valence-electron chi connectivity index (χ1n) is 11.6. The zero-order chi connectivity index (χ0) is 21.8. The summed E-state index contributed by atoms with van der Waals surface area (Å²) in [4.78, 5) is 0. The van der Waals surface area contributed by atoms with Crippen LogP contribution >= 0.6 is 0 Å². The molecule has 0 fully saturated rings. The van der Waals surface area contributed by atoms with Crippen molar-refractivity contribution < 1.29 is 0 Å². The minimum absolute atomic E-state index is 0.0151. The smallest absolute Gasteiger partial charge is 0.0159 e. The van der Waals surface area contributed by atoms with Gasteiger partial charge in [-0.05, 0) is 78.2 Å². The molecule has 0 nitrogen and oxygen atoms in total. The zero-order valence-electron chi connectivity index (χ0n) is 19.1. The van der Waals surface area contributed by atoms with Crippen molar-refractivity contribution in [1.82, 2.24) is 0 Å². The average Bonchev–Trinajstić information content (AvgIpc) is 3.03. The molecule has 5 aromatic carbocycles. The molecule has 0 heteroatoms. The highest BCUT2D eigenvalue weighted by molar-refractivity contribution is 6.06. The third-order valence-corrected chi connectivity index (χ3v) is 8.24. The maximum atomic E-state index is 2.53. The molecule has 0 saturated heterocycles. The summed E-state index contributed by atoms with van der Waals surface area (Å²) in [6.45, 7) is 9.57. The molecule has 0 atom stereocenters. The summed E-state index contributed by atoms with van der Waals surface area (Å²) in [7, 11) is 0. The summed E-state index contributed by atoms with van der Waals surface area (Å²) in [6.07, 6.45) is 0. The Morgan fingerprint density at radius 3 is 1.97 bits per heavy atom. The quantitative estimate of drug-likeness (QED) is 0.240. The summed E-state index contributed by atoms with van der Waals surface area (Å²) >= 11 is 0. The molecule has 2 aliphatic carbocycles. The number of fused-ring (bicyclic) bond motifs is 7. The van der Waals surface area contributed by atoms with Crippen LogP contribution in [0.25, 0.3) is 43.8 Å². The predicted molar refractivity (Wildman–Crippen MR) is 137 cm³/mol. The van der Waals surface area contributed by atoms with Crippen molar-refractivity contribution in [3.8, 4) is 22.3 Å². The second-order valence-electron chi connectivity index (χ2n) is 10.6. The van der Waals surface area contributed by atoms with Crippen LogP contribution in [-0.4, -0.2) is 0 Å². The first kappa shape index (κ1) is 18.2. The van der Waals surface area contributed by atoms with Crippen molar-refractivity contribution in [3.63, 3.8) is 0 Å². The lowest BCUT2D eigenvalue weighted by atomic mass is 9.67. The Morgan fingerprint density at radius 1 is 0.469 bits per heavy atom. The van der Waals surface area contributed by atoms with E-state index in [1.165, 1.54) is 66.1 Å². The highest BCUT2D eigenvalue weighted by Crippen LogP contribution is 2.56. The number of hydrogen-bond donors (Lipinski definition) is 0. The number of rotatable bonds is 0. The van der Waals surface area contributed by atoms with Gasteiger partial charge in [-0.25, -0.2) is 0 Å². The minimum Gasteiger partial charge on any atom is -0.0616 e. The van der Waals surface area contributed by atoms with Gasteiger partial charge in [-0.3, -0.25) is 0 Å². The van der Waals surface area contributed by atoms with Crippen molar-refractivity contribution in [1.29, 1.82) is 0 Å². The molecule has 0 heterocycles. The molecule has 0 N–H and O–H groups in total. The predicted octanol–water partition coefficient (Wildman–Crippen LogP) is 8.61. The molecule has 0 aromatic heterocycles. The summed E-state index contributed by atoms with van der Waals surface area (Å²) in [5, 5.41) is 5.45. The fraction of sp³-hybridized carbons (Fsp3) is 0.188. The fourth-order valence-corrected chi connectivity index (χ4v) is 6.52. The van der Waals surface area contributed by atoms with Gasteiger partial charge in [0.05, 0.1) is 0 Å². The third-order valence-electron chi connectivity index (χ3n) is 8.24. The van der Waals surface area contributed by atoms with Crippen molar-refractivity contribution in [2.24, 2.45) is 0 Å². The van der Waals surface area contributed by atoms with E-state index >= 15 is 0 Å². The van der Waals surface area contributed by atoms with Gasteiger partial charge in [-0.2, -0.15) is 0 Å². The SMILES string of the molecule is CC1(C)c2cc3c(cc2-c2c1ccc1ccccc21)C(C)(C)c1cccc2cccc-3c12. The summed E-state index contributed by atoms with van der Waals surface area (Å²) in [6, 6.07) is 32.1. The zero-order valence-corrected chi connectivity index (χ0v) is 19.1. The lowest BCUT2D eigenvalue weighted by Crippen LogP contribution is -2.24. The Hall–Kier alpha value is -3.38. The van der Waals surface area contributed by atoms with Gasteiger partial charge in [0.25, 0.3) is 0 Å². The van der Waals surface area contributed by atoms with Gasteiger partial charge < -0.3 is 0 Å². The van der Waals surface area contributed by atoms with Crippen LogP contribution in [-0.2, 0) is 10.8 Å². The molecule has 0 bridgehead atoms. The molecular formula is C32H26. The lowest BCUT2D eigenvalue weighted by Gasteiger charge is -2.36. The van der Waals surface area contributed by atoms with Crippen molar-refractivity contribution in [3.05, 3.63) is 107 Å². The minimum atomic E-state index is -0.0459. The van der Waals surface area contributed by atoms with E-state index in [-0.39, 0.29) is 10.8 Å². The second kappa shape index (κ2) is 5.70. The Bertz CT molecular complexity index is 1610. The highest BCUT2D eigenvalue weighted by Gasteiger charge is 2.40. The summed E-state index contributed by atoms with van der Waals surface area (Å²) < 4.78 is 0. The normalized spacial score (nSPS) is 16.6. The molecule has 154 valence electrons. The summed E-state index contributed by atoms with van der Waals surface area (Å²) in [5.41, 5.74) is 11.4. The Balaban J connectivity index is 1.64. The lowest BCUT2D eigenvalue weighted by molar-refractivity contribution is 0.639. The van der Waals surface area contributed by atoms with Crippen LogP contribution in [0.15, 0.2) is 84.9 Å². The second-order valence-corrected chi connectivity index (χ2v) is 10.6. The average molecular weight is 411 g/mol. The highest BCUT2D eigenvalue weighted by atomic mass is 14.4. The molecule has 2 aliphatic rings. The molecule has 32 heavy (non-hydrogen) atoms. The Labute approximate surface area is 189 Å². The Kier molecular flexibility index (Phi) is 3.24.